The van der Waals surface area contributed by atoms with Crippen molar-refractivity contribution in [2.24, 2.45) is 0 Å². The Morgan fingerprint density at radius 2 is 1.98 bits per heavy atom. The van der Waals surface area contributed by atoms with Gasteiger partial charge in [0.15, 0.2) is 5.82 Å². The molecule has 0 saturated heterocycles. The van der Waals surface area contributed by atoms with Gasteiger partial charge >= 0.3 is 6.09 Å². The highest BCUT2D eigenvalue weighted by Gasteiger charge is 2.31. The molecule has 0 atom stereocenters. The number of pyridine rings is 2. The largest absolute Gasteiger partial charge is 0.444 e. The number of nitriles is 1. The molecule has 0 radical (unpaired) electrons. The lowest BCUT2D eigenvalue weighted by Gasteiger charge is -2.35. The average molecular weight is 562 g/mol. The van der Waals surface area contributed by atoms with Gasteiger partial charge in [-0.25, -0.2) is 18.7 Å². The summed E-state index contributed by atoms with van der Waals surface area (Å²) in [6.45, 7) is 7.66. The molecule has 1 amide bonds. The summed E-state index contributed by atoms with van der Waals surface area (Å²) in [5.41, 5.74) is 3.30. The predicted octanol–water partition coefficient (Wildman–Crippen LogP) is 6.41. The first-order valence-electron chi connectivity index (χ1n) is 13.3. The van der Waals surface area contributed by atoms with Crippen molar-refractivity contribution < 1.29 is 13.9 Å². The van der Waals surface area contributed by atoms with Gasteiger partial charge in [-0.1, -0.05) is 11.8 Å². The SMILES string of the molecule is Cc1c(-c2cc(Sc3ncccc3F)c3c(C#N)cnn3c2)cnn1C1CCC(N(C)C(=O)OC(C)(C)C)CC1. The van der Waals surface area contributed by atoms with Gasteiger partial charge < -0.3 is 9.64 Å². The van der Waals surface area contributed by atoms with Crippen LogP contribution in [0.5, 0.6) is 0 Å². The third-order valence-electron chi connectivity index (χ3n) is 7.23. The minimum Gasteiger partial charge on any atom is -0.444 e. The zero-order chi connectivity index (χ0) is 28.6. The molecule has 4 aromatic rings. The van der Waals surface area contributed by atoms with E-state index in [1.165, 1.54) is 24.0 Å². The first-order chi connectivity index (χ1) is 19.1. The number of nitrogens with zero attached hydrogens (tertiary/aromatic N) is 7. The van der Waals surface area contributed by atoms with E-state index < -0.39 is 11.4 Å². The summed E-state index contributed by atoms with van der Waals surface area (Å²) in [6, 6.07) is 7.38. The maximum Gasteiger partial charge on any atom is 0.410 e. The van der Waals surface area contributed by atoms with E-state index in [0.717, 1.165) is 42.5 Å². The molecule has 1 fully saturated rings. The fourth-order valence-electron chi connectivity index (χ4n) is 5.19. The monoisotopic (exact) mass is 561 g/mol. The van der Waals surface area contributed by atoms with Crippen molar-refractivity contribution in [3.63, 3.8) is 0 Å². The van der Waals surface area contributed by atoms with Crippen molar-refractivity contribution in [3.8, 4) is 17.2 Å². The van der Waals surface area contributed by atoms with Crippen molar-refractivity contribution >= 4 is 23.4 Å². The first kappa shape index (κ1) is 27.6. The van der Waals surface area contributed by atoms with Crippen molar-refractivity contribution in [3.05, 3.63) is 60.1 Å². The van der Waals surface area contributed by atoms with E-state index in [-0.39, 0.29) is 23.2 Å². The number of rotatable bonds is 5. The van der Waals surface area contributed by atoms with Crippen LogP contribution in [-0.2, 0) is 4.74 Å². The smallest absolute Gasteiger partial charge is 0.410 e. The van der Waals surface area contributed by atoms with Crippen LogP contribution >= 0.6 is 11.8 Å². The van der Waals surface area contributed by atoms with Crippen LogP contribution in [0, 0.1) is 24.1 Å². The zero-order valence-electron chi connectivity index (χ0n) is 23.3. The molecule has 4 heterocycles. The molecule has 11 heteroatoms. The van der Waals surface area contributed by atoms with Gasteiger partial charge in [0, 0.05) is 47.2 Å². The third kappa shape index (κ3) is 5.54. The molecular weight excluding hydrogens is 529 g/mol. The van der Waals surface area contributed by atoms with Gasteiger partial charge in [-0.2, -0.15) is 15.5 Å². The number of hydrogen-bond donors (Lipinski definition) is 0. The Morgan fingerprint density at radius 3 is 2.65 bits per heavy atom. The minimum absolute atomic E-state index is 0.129. The van der Waals surface area contributed by atoms with Crippen molar-refractivity contribution in [1.82, 2.24) is 29.3 Å². The molecule has 0 aliphatic heterocycles. The van der Waals surface area contributed by atoms with E-state index in [9.17, 15) is 14.4 Å². The number of aromatic nitrogens is 5. The Labute approximate surface area is 236 Å². The second-order valence-electron chi connectivity index (χ2n) is 11.1. The van der Waals surface area contributed by atoms with E-state index in [1.54, 1.807) is 21.7 Å². The summed E-state index contributed by atoms with van der Waals surface area (Å²) in [4.78, 5) is 19.1. The van der Waals surface area contributed by atoms with Gasteiger partial charge in [0.1, 0.15) is 16.7 Å². The van der Waals surface area contributed by atoms with Gasteiger partial charge in [0.05, 0.1) is 29.5 Å². The summed E-state index contributed by atoms with van der Waals surface area (Å²) in [5.74, 6) is -0.425. The molecule has 9 nitrogen and oxygen atoms in total. The Balaban J connectivity index is 1.39. The van der Waals surface area contributed by atoms with Crippen molar-refractivity contribution in [1.29, 1.82) is 5.26 Å². The van der Waals surface area contributed by atoms with Crippen LogP contribution in [0.3, 0.4) is 0 Å². The van der Waals surface area contributed by atoms with Crippen LogP contribution in [-0.4, -0.2) is 54.1 Å². The van der Waals surface area contributed by atoms with E-state index >= 15 is 0 Å². The number of halogens is 1. The number of carbonyl (C=O) groups is 1. The number of ether oxygens (including phenoxy) is 1. The number of amides is 1. The molecule has 1 saturated carbocycles. The highest BCUT2D eigenvalue weighted by molar-refractivity contribution is 7.99. The van der Waals surface area contributed by atoms with Crippen LogP contribution < -0.4 is 0 Å². The summed E-state index contributed by atoms with van der Waals surface area (Å²) >= 11 is 1.17. The second-order valence-corrected chi connectivity index (χ2v) is 12.1. The molecule has 40 heavy (non-hydrogen) atoms. The number of fused-ring (bicyclic) bond motifs is 1. The summed E-state index contributed by atoms with van der Waals surface area (Å²) in [7, 11) is 1.81. The Morgan fingerprint density at radius 1 is 1.23 bits per heavy atom. The molecule has 208 valence electrons. The molecular formula is C29H32FN7O2S. The first-order valence-corrected chi connectivity index (χ1v) is 14.1. The second kappa shape index (κ2) is 10.9. The molecule has 0 N–H and O–H groups in total. The van der Waals surface area contributed by atoms with Crippen LogP contribution in [0.2, 0.25) is 0 Å². The van der Waals surface area contributed by atoms with Gasteiger partial charge in [-0.3, -0.25) is 4.68 Å². The van der Waals surface area contributed by atoms with Crippen LogP contribution in [0.4, 0.5) is 9.18 Å². The number of hydrogen-bond acceptors (Lipinski definition) is 7. The van der Waals surface area contributed by atoms with Crippen molar-refractivity contribution in [2.45, 2.75) is 81.0 Å². The lowest BCUT2D eigenvalue weighted by Crippen LogP contribution is -2.42. The Bertz CT molecular complexity index is 1590. The third-order valence-corrected chi connectivity index (χ3v) is 8.25. The number of carbonyl (C=O) groups excluding carboxylic acids is 1. The maximum atomic E-state index is 14.5. The fraction of sp³-hybridized carbons (Fsp3) is 0.414. The van der Waals surface area contributed by atoms with E-state index in [4.69, 9.17) is 9.84 Å². The highest BCUT2D eigenvalue weighted by atomic mass is 32.2. The maximum absolute atomic E-state index is 14.5. The van der Waals surface area contributed by atoms with E-state index in [1.807, 2.05) is 53.2 Å². The molecule has 0 aromatic carbocycles. The van der Waals surface area contributed by atoms with Gasteiger partial charge in [0.2, 0.25) is 0 Å². The summed E-state index contributed by atoms with van der Waals surface area (Å²) < 4.78 is 23.7. The van der Waals surface area contributed by atoms with E-state index in [2.05, 4.69) is 20.8 Å². The molecule has 5 rings (SSSR count). The Kier molecular flexibility index (Phi) is 7.55. The molecule has 4 aromatic heterocycles. The topological polar surface area (TPSA) is 101 Å². The van der Waals surface area contributed by atoms with Gasteiger partial charge in [0.25, 0.3) is 0 Å². The highest BCUT2D eigenvalue weighted by Crippen LogP contribution is 2.38. The molecule has 1 aliphatic rings. The quantitative estimate of drug-likeness (QED) is 0.277. The van der Waals surface area contributed by atoms with E-state index in [0.29, 0.717) is 16.0 Å². The average Bonchev–Trinajstić information content (AvgIpc) is 3.52. The Hall–Kier alpha value is -3.91. The lowest BCUT2D eigenvalue weighted by atomic mass is 9.90. The lowest BCUT2D eigenvalue weighted by molar-refractivity contribution is 0.0172. The van der Waals surface area contributed by atoms with Gasteiger partial charge in [-0.15, -0.1) is 0 Å². The predicted molar refractivity (Wildman–Crippen MR) is 149 cm³/mol. The van der Waals surface area contributed by atoms with Crippen molar-refractivity contribution in [2.75, 3.05) is 7.05 Å². The fourth-order valence-corrected chi connectivity index (χ4v) is 6.16. The summed E-state index contributed by atoms with van der Waals surface area (Å²) in [6.07, 6.45) is 10.00. The molecule has 0 bridgehead atoms. The minimum atomic E-state index is -0.523. The normalized spacial score (nSPS) is 17.5. The standard InChI is InChI=1S/C29H32FN7O2S/c1-18-23(16-34-37(18)22-10-8-21(9-11-22)35(5)28(38)39-29(2,3)4)19-13-25(40-27-24(30)7-6-12-32-27)26-20(14-31)15-33-36(26)17-19/h6-7,12-13,15-17,21-22H,8-11H2,1-5H3. The molecule has 0 spiro atoms. The van der Waals surface area contributed by atoms with Crippen LogP contribution in [0.25, 0.3) is 16.6 Å². The van der Waals surface area contributed by atoms with Crippen LogP contribution in [0.1, 0.15) is 63.8 Å². The molecule has 1 aliphatic carbocycles. The molecule has 0 unspecified atom stereocenters. The van der Waals surface area contributed by atoms with Gasteiger partial charge in [-0.05, 0) is 71.6 Å². The zero-order valence-corrected chi connectivity index (χ0v) is 24.1. The van der Waals surface area contributed by atoms with Crippen LogP contribution in [0.15, 0.2) is 52.9 Å². The summed E-state index contributed by atoms with van der Waals surface area (Å²) in [5, 5.41) is 19.0.